The van der Waals surface area contributed by atoms with E-state index in [1.807, 2.05) is 0 Å². The van der Waals surface area contributed by atoms with Gasteiger partial charge in [0.15, 0.2) is 5.69 Å². The highest BCUT2D eigenvalue weighted by atomic mass is 19.4. The summed E-state index contributed by atoms with van der Waals surface area (Å²) in [5, 5.41) is 15.7. The van der Waals surface area contributed by atoms with Crippen molar-refractivity contribution >= 4 is 5.91 Å². The molecule has 2 rings (SSSR count). The number of alkyl halides is 3. The van der Waals surface area contributed by atoms with Gasteiger partial charge in [0, 0.05) is 13.2 Å². The molecule has 9 heteroatoms. The van der Waals surface area contributed by atoms with Crippen molar-refractivity contribution < 1.29 is 27.5 Å². The van der Waals surface area contributed by atoms with Crippen molar-refractivity contribution in [3.05, 3.63) is 41.6 Å². The Balaban J connectivity index is 2.14. The first-order valence-corrected chi connectivity index (χ1v) is 6.26. The zero-order valence-corrected chi connectivity index (χ0v) is 11.8. The first-order chi connectivity index (χ1) is 10.1. The quantitative estimate of drug-likeness (QED) is 0.899. The van der Waals surface area contributed by atoms with Crippen LogP contribution in [0.1, 0.15) is 28.7 Å². The Kier molecular flexibility index (Phi) is 4.01. The fourth-order valence-electron chi connectivity index (χ4n) is 1.88. The number of rotatable bonds is 4. The first kappa shape index (κ1) is 16.1. The van der Waals surface area contributed by atoms with Crippen LogP contribution in [0.5, 0.6) is 0 Å². The highest BCUT2D eigenvalue weighted by molar-refractivity contribution is 5.95. The van der Waals surface area contributed by atoms with Gasteiger partial charge in [0.1, 0.15) is 11.4 Å². The molecule has 0 fully saturated rings. The minimum absolute atomic E-state index is 0.190. The topological polar surface area (TPSA) is 80.3 Å². The number of aliphatic hydroxyl groups is 1. The van der Waals surface area contributed by atoms with Gasteiger partial charge in [-0.2, -0.15) is 18.3 Å². The molecule has 1 unspecified atom stereocenters. The Morgan fingerprint density at radius 1 is 1.50 bits per heavy atom. The van der Waals surface area contributed by atoms with Crippen molar-refractivity contribution in [1.29, 1.82) is 0 Å². The van der Waals surface area contributed by atoms with Crippen molar-refractivity contribution in [3.63, 3.8) is 0 Å². The van der Waals surface area contributed by atoms with Gasteiger partial charge in [0.05, 0.1) is 18.4 Å². The maximum absolute atomic E-state index is 12.8. The summed E-state index contributed by atoms with van der Waals surface area (Å²) in [7, 11) is 1.28. The predicted molar refractivity (Wildman–Crippen MR) is 68.8 cm³/mol. The Morgan fingerprint density at radius 3 is 2.73 bits per heavy atom. The van der Waals surface area contributed by atoms with Crippen molar-refractivity contribution in [2.45, 2.75) is 18.7 Å². The van der Waals surface area contributed by atoms with Crippen LogP contribution in [-0.2, 0) is 18.8 Å². The molecule has 6 nitrogen and oxygen atoms in total. The van der Waals surface area contributed by atoms with Crippen LogP contribution in [-0.4, -0.2) is 27.3 Å². The van der Waals surface area contributed by atoms with E-state index in [0.717, 1.165) is 10.9 Å². The molecule has 2 aromatic heterocycles. The number of hydrogen-bond acceptors (Lipinski definition) is 4. The van der Waals surface area contributed by atoms with Crippen molar-refractivity contribution in [1.82, 2.24) is 15.1 Å². The second-order valence-electron chi connectivity index (χ2n) is 5.00. The highest BCUT2D eigenvalue weighted by Crippen LogP contribution is 2.30. The average Bonchev–Trinajstić information content (AvgIpc) is 3.04. The van der Waals surface area contributed by atoms with E-state index in [9.17, 15) is 23.1 Å². The van der Waals surface area contributed by atoms with Gasteiger partial charge in [0.25, 0.3) is 5.91 Å². The van der Waals surface area contributed by atoms with Crippen LogP contribution in [0.2, 0.25) is 0 Å². The highest BCUT2D eigenvalue weighted by Gasteiger charge is 2.39. The smallest absolute Gasteiger partial charge is 0.435 e. The summed E-state index contributed by atoms with van der Waals surface area (Å²) in [6, 6.07) is 3.05. The molecule has 0 saturated carbocycles. The standard InChI is InChI=1S/C13H14F3N3O3/c1-12(21,9-4-3-5-22-9)7-17-11(20)8-6-19(2)18-10(8)13(14,15)16/h3-6,21H,7H2,1-2H3,(H,17,20). The number of aromatic nitrogens is 2. The lowest BCUT2D eigenvalue weighted by Crippen LogP contribution is -2.38. The number of carbonyl (C=O) groups is 1. The second-order valence-corrected chi connectivity index (χ2v) is 5.00. The van der Waals surface area contributed by atoms with Gasteiger partial charge < -0.3 is 14.8 Å². The van der Waals surface area contributed by atoms with Crippen molar-refractivity contribution in [2.75, 3.05) is 6.54 Å². The molecule has 0 saturated heterocycles. The van der Waals surface area contributed by atoms with Gasteiger partial charge in [-0.15, -0.1) is 0 Å². The van der Waals surface area contributed by atoms with Crippen LogP contribution in [0.25, 0.3) is 0 Å². The molecule has 0 aliphatic carbocycles. The van der Waals surface area contributed by atoms with Crippen LogP contribution >= 0.6 is 0 Å². The van der Waals surface area contributed by atoms with Gasteiger partial charge in [0.2, 0.25) is 0 Å². The number of halogens is 3. The van der Waals surface area contributed by atoms with Crippen molar-refractivity contribution in [3.8, 4) is 0 Å². The molecule has 120 valence electrons. The summed E-state index contributed by atoms with van der Waals surface area (Å²) in [5.74, 6) is -0.790. The SMILES string of the molecule is Cn1cc(C(=O)NCC(C)(O)c2ccco2)c(C(F)(F)F)n1. The van der Waals surface area contributed by atoms with Gasteiger partial charge >= 0.3 is 6.18 Å². The number of nitrogens with one attached hydrogen (secondary N) is 1. The molecular formula is C13H14F3N3O3. The predicted octanol–water partition coefficient (Wildman–Crippen LogP) is 1.67. The lowest BCUT2D eigenvalue weighted by Gasteiger charge is -2.21. The summed E-state index contributed by atoms with van der Waals surface area (Å²) in [6.45, 7) is 1.06. The second kappa shape index (κ2) is 5.48. The van der Waals surface area contributed by atoms with E-state index in [1.54, 1.807) is 6.07 Å². The van der Waals surface area contributed by atoms with E-state index in [-0.39, 0.29) is 12.3 Å². The molecule has 1 amide bonds. The molecule has 1 atom stereocenters. The van der Waals surface area contributed by atoms with E-state index < -0.39 is 28.9 Å². The Labute approximate surface area is 123 Å². The maximum Gasteiger partial charge on any atom is 0.435 e. The third-order valence-electron chi connectivity index (χ3n) is 2.99. The summed E-state index contributed by atoms with van der Waals surface area (Å²) in [5.41, 5.74) is -3.42. The van der Waals surface area contributed by atoms with Gasteiger partial charge in [-0.05, 0) is 19.1 Å². The van der Waals surface area contributed by atoms with E-state index in [2.05, 4.69) is 10.4 Å². The molecule has 0 aromatic carbocycles. The molecule has 0 aliphatic heterocycles. The number of furan rings is 1. The minimum Gasteiger partial charge on any atom is -0.466 e. The molecule has 0 radical (unpaired) electrons. The monoisotopic (exact) mass is 317 g/mol. The zero-order valence-electron chi connectivity index (χ0n) is 11.8. The number of hydrogen-bond donors (Lipinski definition) is 2. The minimum atomic E-state index is -4.74. The Morgan fingerprint density at radius 2 is 2.18 bits per heavy atom. The largest absolute Gasteiger partial charge is 0.466 e. The molecule has 0 aliphatic rings. The van der Waals surface area contributed by atoms with Crippen LogP contribution in [0.3, 0.4) is 0 Å². The summed E-state index contributed by atoms with van der Waals surface area (Å²) in [4.78, 5) is 11.9. The number of nitrogens with zero attached hydrogens (tertiary/aromatic N) is 2. The normalized spacial score (nSPS) is 14.6. The van der Waals surface area contributed by atoms with Crippen LogP contribution < -0.4 is 5.32 Å². The molecule has 2 heterocycles. The average molecular weight is 317 g/mol. The van der Waals surface area contributed by atoms with Crippen LogP contribution in [0.4, 0.5) is 13.2 Å². The third-order valence-corrected chi connectivity index (χ3v) is 2.99. The molecule has 0 bridgehead atoms. The molecule has 0 spiro atoms. The summed E-state index contributed by atoms with van der Waals surface area (Å²) in [6.07, 6.45) is -2.42. The lowest BCUT2D eigenvalue weighted by molar-refractivity contribution is -0.141. The summed E-state index contributed by atoms with van der Waals surface area (Å²) < 4.78 is 44.3. The van der Waals surface area contributed by atoms with E-state index in [4.69, 9.17) is 4.42 Å². The number of aryl methyl sites for hydroxylation is 1. The van der Waals surface area contributed by atoms with Gasteiger partial charge in [-0.1, -0.05) is 0 Å². The fourth-order valence-corrected chi connectivity index (χ4v) is 1.88. The molecule has 2 aromatic rings. The van der Waals surface area contributed by atoms with Gasteiger partial charge in [-0.3, -0.25) is 9.48 Å². The third kappa shape index (κ3) is 3.30. The fraction of sp³-hybridized carbons (Fsp3) is 0.385. The Bertz CT molecular complexity index is 660. The number of amides is 1. The number of carbonyl (C=O) groups excluding carboxylic acids is 1. The molecule has 22 heavy (non-hydrogen) atoms. The molecule has 2 N–H and O–H groups in total. The van der Waals surface area contributed by atoms with E-state index >= 15 is 0 Å². The first-order valence-electron chi connectivity index (χ1n) is 6.26. The van der Waals surface area contributed by atoms with Crippen molar-refractivity contribution in [2.24, 2.45) is 7.05 Å². The van der Waals surface area contributed by atoms with E-state index in [0.29, 0.717) is 0 Å². The summed E-state index contributed by atoms with van der Waals surface area (Å²) >= 11 is 0. The molecular weight excluding hydrogens is 303 g/mol. The van der Waals surface area contributed by atoms with E-state index in [1.165, 1.54) is 26.3 Å². The lowest BCUT2D eigenvalue weighted by atomic mass is 10.0. The van der Waals surface area contributed by atoms with Gasteiger partial charge in [-0.25, -0.2) is 0 Å². The van der Waals surface area contributed by atoms with Crippen LogP contribution in [0.15, 0.2) is 29.0 Å². The Hall–Kier alpha value is -2.29. The van der Waals surface area contributed by atoms with Crippen LogP contribution in [0, 0.1) is 0 Å². The maximum atomic E-state index is 12.8. The zero-order chi connectivity index (χ0) is 16.5.